The van der Waals surface area contributed by atoms with Crippen LogP contribution in [-0.2, 0) is 4.74 Å². The van der Waals surface area contributed by atoms with Crippen molar-refractivity contribution in [2.75, 3.05) is 31.7 Å². The van der Waals surface area contributed by atoms with Gasteiger partial charge < -0.3 is 15.4 Å². The quantitative estimate of drug-likeness (QED) is 0.886. The Morgan fingerprint density at radius 2 is 2.39 bits per heavy atom. The van der Waals surface area contributed by atoms with Crippen LogP contribution in [0.2, 0.25) is 0 Å². The van der Waals surface area contributed by atoms with Crippen LogP contribution in [0.15, 0.2) is 18.3 Å². The molecule has 0 amide bonds. The molecule has 0 spiro atoms. The van der Waals surface area contributed by atoms with Gasteiger partial charge in [0.05, 0.1) is 24.2 Å². The average Bonchev–Trinajstić information content (AvgIpc) is 2.39. The standard InChI is InChI=1S/C14H23N3O/c1-11(15)14-6-5-13(8-16-14)17-7-3-4-12(9-17)10-18-2/h5-6,8,11-12H,3-4,7,9-10,15H2,1-2H3/t11-,12?/m0/s1. The molecule has 2 N–H and O–H groups in total. The van der Waals surface area contributed by atoms with Gasteiger partial charge in [0.2, 0.25) is 0 Å². The summed E-state index contributed by atoms with van der Waals surface area (Å²) in [5.74, 6) is 0.636. The number of methoxy groups -OCH3 is 1. The zero-order valence-electron chi connectivity index (χ0n) is 11.3. The van der Waals surface area contributed by atoms with Gasteiger partial charge in [-0.1, -0.05) is 0 Å². The lowest BCUT2D eigenvalue weighted by molar-refractivity contribution is 0.143. The second-order valence-electron chi connectivity index (χ2n) is 5.14. The summed E-state index contributed by atoms with van der Waals surface area (Å²) in [5, 5.41) is 0. The molecule has 1 unspecified atom stereocenters. The third kappa shape index (κ3) is 3.21. The van der Waals surface area contributed by atoms with Crippen molar-refractivity contribution in [1.82, 2.24) is 4.98 Å². The second-order valence-corrected chi connectivity index (χ2v) is 5.14. The van der Waals surface area contributed by atoms with E-state index in [1.54, 1.807) is 7.11 Å². The van der Waals surface area contributed by atoms with E-state index in [9.17, 15) is 0 Å². The third-order valence-corrected chi connectivity index (χ3v) is 3.52. The monoisotopic (exact) mass is 249 g/mol. The normalized spacial score (nSPS) is 21.9. The maximum absolute atomic E-state index is 5.81. The number of ether oxygens (including phenoxy) is 1. The third-order valence-electron chi connectivity index (χ3n) is 3.52. The zero-order valence-corrected chi connectivity index (χ0v) is 11.3. The molecule has 0 aromatic carbocycles. The Hall–Kier alpha value is -1.13. The summed E-state index contributed by atoms with van der Waals surface area (Å²) >= 11 is 0. The molecule has 4 heteroatoms. The molecule has 0 bridgehead atoms. The van der Waals surface area contributed by atoms with Crippen LogP contribution in [0.25, 0.3) is 0 Å². The van der Waals surface area contributed by atoms with Gasteiger partial charge in [-0.15, -0.1) is 0 Å². The molecule has 18 heavy (non-hydrogen) atoms. The van der Waals surface area contributed by atoms with E-state index < -0.39 is 0 Å². The van der Waals surface area contributed by atoms with Gasteiger partial charge in [0.1, 0.15) is 0 Å². The molecule has 4 nitrogen and oxygen atoms in total. The number of aromatic nitrogens is 1. The summed E-state index contributed by atoms with van der Waals surface area (Å²) in [7, 11) is 1.78. The van der Waals surface area contributed by atoms with Gasteiger partial charge in [-0.05, 0) is 37.8 Å². The van der Waals surface area contributed by atoms with Crippen molar-refractivity contribution in [3.8, 4) is 0 Å². The van der Waals surface area contributed by atoms with Crippen LogP contribution in [0.4, 0.5) is 5.69 Å². The highest BCUT2D eigenvalue weighted by Crippen LogP contribution is 2.23. The van der Waals surface area contributed by atoms with Gasteiger partial charge in [0, 0.05) is 26.2 Å². The predicted octanol–water partition coefficient (Wildman–Crippen LogP) is 1.96. The van der Waals surface area contributed by atoms with Crippen molar-refractivity contribution in [3.05, 3.63) is 24.0 Å². The van der Waals surface area contributed by atoms with E-state index in [1.807, 2.05) is 19.2 Å². The van der Waals surface area contributed by atoms with E-state index >= 15 is 0 Å². The van der Waals surface area contributed by atoms with E-state index in [1.165, 1.54) is 18.5 Å². The molecule has 0 radical (unpaired) electrons. The van der Waals surface area contributed by atoms with Crippen LogP contribution in [0.5, 0.6) is 0 Å². The molecule has 1 saturated heterocycles. The summed E-state index contributed by atoms with van der Waals surface area (Å²) in [5.41, 5.74) is 7.95. The lowest BCUT2D eigenvalue weighted by Crippen LogP contribution is -2.37. The summed E-state index contributed by atoms with van der Waals surface area (Å²) < 4.78 is 5.26. The molecule has 1 fully saturated rings. The summed E-state index contributed by atoms with van der Waals surface area (Å²) in [6.45, 7) is 4.98. The Labute approximate surface area is 109 Å². The minimum atomic E-state index is 0.00152. The minimum absolute atomic E-state index is 0.00152. The Balaban J connectivity index is 2.02. The number of pyridine rings is 1. The molecule has 1 aromatic heterocycles. The smallest absolute Gasteiger partial charge is 0.0569 e. The SMILES string of the molecule is COCC1CCCN(c2ccc([C@H](C)N)nc2)C1. The van der Waals surface area contributed by atoms with Crippen molar-refractivity contribution in [1.29, 1.82) is 0 Å². The van der Waals surface area contributed by atoms with E-state index in [0.717, 1.165) is 25.4 Å². The molecule has 1 aliphatic heterocycles. The van der Waals surface area contributed by atoms with Crippen molar-refractivity contribution < 1.29 is 4.74 Å². The maximum atomic E-state index is 5.81. The Morgan fingerprint density at radius 3 is 3.00 bits per heavy atom. The van der Waals surface area contributed by atoms with Gasteiger partial charge in [0.25, 0.3) is 0 Å². The first-order valence-corrected chi connectivity index (χ1v) is 6.66. The van der Waals surface area contributed by atoms with Crippen LogP contribution in [0.1, 0.15) is 31.5 Å². The Morgan fingerprint density at radius 1 is 1.56 bits per heavy atom. The van der Waals surface area contributed by atoms with Crippen LogP contribution < -0.4 is 10.6 Å². The number of hydrogen-bond acceptors (Lipinski definition) is 4. The summed E-state index contributed by atoms with van der Waals surface area (Å²) in [6.07, 6.45) is 4.42. The molecule has 1 aromatic rings. The summed E-state index contributed by atoms with van der Waals surface area (Å²) in [4.78, 5) is 6.82. The number of piperidine rings is 1. The first kappa shape index (κ1) is 13.3. The fourth-order valence-electron chi connectivity index (χ4n) is 2.53. The lowest BCUT2D eigenvalue weighted by Gasteiger charge is -2.34. The van der Waals surface area contributed by atoms with Crippen LogP contribution >= 0.6 is 0 Å². The number of nitrogens with zero attached hydrogens (tertiary/aromatic N) is 2. The van der Waals surface area contributed by atoms with E-state index in [-0.39, 0.29) is 6.04 Å². The number of rotatable bonds is 4. The predicted molar refractivity (Wildman–Crippen MR) is 73.7 cm³/mol. The first-order valence-electron chi connectivity index (χ1n) is 6.66. The van der Waals surface area contributed by atoms with Gasteiger partial charge >= 0.3 is 0 Å². The van der Waals surface area contributed by atoms with Gasteiger partial charge in [-0.2, -0.15) is 0 Å². The molecule has 0 saturated carbocycles. The number of anilines is 1. The molecular weight excluding hydrogens is 226 g/mol. The fourth-order valence-corrected chi connectivity index (χ4v) is 2.53. The average molecular weight is 249 g/mol. The van der Waals surface area contributed by atoms with Crippen molar-refractivity contribution in [2.24, 2.45) is 11.7 Å². The summed E-state index contributed by atoms with van der Waals surface area (Å²) in [6, 6.07) is 4.16. The van der Waals surface area contributed by atoms with Crippen molar-refractivity contribution in [2.45, 2.75) is 25.8 Å². The van der Waals surface area contributed by atoms with Gasteiger partial charge in [0.15, 0.2) is 0 Å². The molecule has 100 valence electrons. The van der Waals surface area contributed by atoms with Crippen LogP contribution in [0.3, 0.4) is 0 Å². The Bertz CT molecular complexity index is 362. The Kier molecular flexibility index (Phi) is 4.55. The topological polar surface area (TPSA) is 51.4 Å². The van der Waals surface area contributed by atoms with Crippen LogP contribution in [0, 0.1) is 5.92 Å². The molecule has 2 rings (SSSR count). The zero-order chi connectivity index (χ0) is 13.0. The molecule has 1 aliphatic rings. The molecular formula is C14H23N3O. The highest BCUT2D eigenvalue weighted by molar-refractivity contribution is 5.45. The van der Waals surface area contributed by atoms with E-state index in [0.29, 0.717) is 5.92 Å². The highest BCUT2D eigenvalue weighted by atomic mass is 16.5. The second kappa shape index (κ2) is 6.16. The van der Waals surface area contributed by atoms with E-state index in [2.05, 4.69) is 16.0 Å². The molecule has 2 atom stereocenters. The largest absolute Gasteiger partial charge is 0.384 e. The first-order chi connectivity index (χ1) is 8.70. The maximum Gasteiger partial charge on any atom is 0.0569 e. The minimum Gasteiger partial charge on any atom is -0.384 e. The molecule has 0 aliphatic carbocycles. The van der Waals surface area contributed by atoms with Crippen molar-refractivity contribution >= 4 is 5.69 Å². The lowest BCUT2D eigenvalue weighted by atomic mass is 9.98. The highest BCUT2D eigenvalue weighted by Gasteiger charge is 2.20. The van der Waals surface area contributed by atoms with E-state index in [4.69, 9.17) is 10.5 Å². The fraction of sp³-hybridized carbons (Fsp3) is 0.643. The van der Waals surface area contributed by atoms with Gasteiger partial charge in [-0.3, -0.25) is 4.98 Å². The number of hydrogen-bond donors (Lipinski definition) is 1. The molecule has 2 heterocycles. The van der Waals surface area contributed by atoms with Gasteiger partial charge in [-0.25, -0.2) is 0 Å². The van der Waals surface area contributed by atoms with Crippen molar-refractivity contribution in [3.63, 3.8) is 0 Å². The number of nitrogens with two attached hydrogens (primary N) is 1. The van der Waals surface area contributed by atoms with Crippen LogP contribution in [-0.4, -0.2) is 31.8 Å².